The van der Waals surface area contributed by atoms with Crippen LogP contribution >= 0.6 is 0 Å². The average Bonchev–Trinajstić information content (AvgIpc) is 3.09. The Morgan fingerprint density at radius 3 is 2.92 bits per heavy atom. The Balaban J connectivity index is 1.47. The molecule has 0 fully saturated rings. The summed E-state index contributed by atoms with van der Waals surface area (Å²) in [5.41, 5.74) is 3.06. The molecule has 0 atom stereocenters. The molecule has 0 saturated carbocycles. The second kappa shape index (κ2) is 6.52. The Morgan fingerprint density at radius 1 is 1.24 bits per heavy atom. The molecule has 25 heavy (non-hydrogen) atoms. The molecule has 7 nitrogen and oxygen atoms in total. The highest BCUT2D eigenvalue weighted by molar-refractivity contribution is 5.93. The number of aliphatic imine (C=N–C) groups is 1. The van der Waals surface area contributed by atoms with Gasteiger partial charge in [-0.1, -0.05) is 12.1 Å². The number of aromatic nitrogens is 2. The van der Waals surface area contributed by atoms with E-state index < -0.39 is 0 Å². The first kappa shape index (κ1) is 15.6. The van der Waals surface area contributed by atoms with E-state index in [0.29, 0.717) is 25.2 Å². The molecule has 128 valence electrons. The van der Waals surface area contributed by atoms with Gasteiger partial charge in [0.15, 0.2) is 0 Å². The second-order valence-corrected chi connectivity index (χ2v) is 6.17. The summed E-state index contributed by atoms with van der Waals surface area (Å²) in [5.74, 6) is 2.17. The number of nitrogens with zero attached hydrogens (tertiary/aromatic N) is 4. The molecule has 2 N–H and O–H groups in total. The van der Waals surface area contributed by atoms with Gasteiger partial charge in [-0.25, -0.2) is 15.0 Å². The molecular formula is C18H20N6O. The number of rotatable bonds is 3. The fourth-order valence-corrected chi connectivity index (χ4v) is 2.84. The number of benzene rings is 1. The minimum absolute atomic E-state index is 0.557. The third-order valence-electron chi connectivity index (χ3n) is 4.13. The van der Waals surface area contributed by atoms with Gasteiger partial charge in [0.1, 0.15) is 5.76 Å². The van der Waals surface area contributed by atoms with Crippen LogP contribution in [0.1, 0.15) is 17.0 Å². The number of guanidine groups is 1. The Bertz CT molecular complexity index is 919. The van der Waals surface area contributed by atoms with Crippen LogP contribution in [-0.2, 0) is 6.54 Å². The average molecular weight is 336 g/mol. The van der Waals surface area contributed by atoms with Crippen molar-refractivity contribution in [3.63, 3.8) is 0 Å². The van der Waals surface area contributed by atoms with Gasteiger partial charge in [0.05, 0.1) is 37.4 Å². The number of anilines is 1. The fourth-order valence-electron chi connectivity index (χ4n) is 2.84. The topological polar surface area (TPSA) is 78.6 Å². The Morgan fingerprint density at radius 2 is 2.16 bits per heavy atom. The number of furan rings is 1. The zero-order chi connectivity index (χ0) is 17.2. The lowest BCUT2D eigenvalue weighted by Crippen LogP contribution is -2.45. The number of nitrogens with one attached hydrogen (secondary N) is 2. The van der Waals surface area contributed by atoms with Crippen LogP contribution in [0.5, 0.6) is 0 Å². The summed E-state index contributed by atoms with van der Waals surface area (Å²) < 4.78 is 5.37. The summed E-state index contributed by atoms with van der Waals surface area (Å²) in [5, 5.41) is 7.50. The van der Waals surface area contributed by atoms with Crippen molar-refractivity contribution in [2.24, 2.45) is 4.99 Å². The number of aryl methyl sites for hydroxylation is 2. The van der Waals surface area contributed by atoms with Crippen LogP contribution in [0.3, 0.4) is 0 Å². The maximum absolute atomic E-state index is 5.37. The standard InChI is InChI=1S/C18H20N6O/c1-12-5-6-15-13(2)21-18(22-16(15)8-12)23-17-19-10-24(11-20-17)9-14-4-3-7-25-14/h3-8H,9-11H2,1-2H3,(H2,19,20,21,22,23). The van der Waals surface area contributed by atoms with Crippen molar-refractivity contribution in [1.29, 1.82) is 0 Å². The summed E-state index contributed by atoms with van der Waals surface area (Å²) >= 11 is 0. The minimum atomic E-state index is 0.557. The zero-order valence-electron chi connectivity index (χ0n) is 14.3. The van der Waals surface area contributed by atoms with Gasteiger partial charge in [-0.05, 0) is 37.6 Å². The fraction of sp³-hybridized carbons (Fsp3) is 0.278. The lowest BCUT2D eigenvalue weighted by atomic mass is 10.1. The maximum Gasteiger partial charge on any atom is 0.230 e. The smallest absolute Gasteiger partial charge is 0.230 e. The lowest BCUT2D eigenvalue weighted by molar-refractivity contribution is 0.236. The van der Waals surface area contributed by atoms with E-state index in [2.05, 4.69) is 55.6 Å². The van der Waals surface area contributed by atoms with E-state index in [1.54, 1.807) is 6.26 Å². The molecule has 0 saturated heterocycles. The molecule has 0 bridgehead atoms. The van der Waals surface area contributed by atoms with Crippen LogP contribution in [0.25, 0.3) is 10.9 Å². The van der Waals surface area contributed by atoms with Gasteiger partial charge < -0.3 is 9.73 Å². The normalized spacial score (nSPS) is 15.0. The first-order valence-corrected chi connectivity index (χ1v) is 8.22. The van der Waals surface area contributed by atoms with Crippen molar-refractivity contribution in [3.8, 4) is 0 Å². The molecule has 0 spiro atoms. The lowest BCUT2D eigenvalue weighted by Gasteiger charge is -2.26. The molecular weight excluding hydrogens is 316 g/mol. The van der Waals surface area contributed by atoms with Crippen LogP contribution < -0.4 is 10.6 Å². The van der Waals surface area contributed by atoms with Crippen molar-refractivity contribution in [2.75, 3.05) is 18.7 Å². The molecule has 1 aliphatic rings. The largest absolute Gasteiger partial charge is 0.468 e. The molecule has 7 heteroatoms. The zero-order valence-corrected chi connectivity index (χ0v) is 14.3. The van der Waals surface area contributed by atoms with Gasteiger partial charge in [0.25, 0.3) is 0 Å². The summed E-state index contributed by atoms with van der Waals surface area (Å²) in [6, 6.07) is 10.1. The highest BCUT2D eigenvalue weighted by Crippen LogP contribution is 2.18. The van der Waals surface area contributed by atoms with Crippen molar-refractivity contribution in [3.05, 3.63) is 53.6 Å². The predicted octanol–water partition coefficient (Wildman–Crippen LogP) is 2.63. The van der Waals surface area contributed by atoms with Crippen molar-refractivity contribution in [2.45, 2.75) is 20.4 Å². The Kier molecular flexibility index (Phi) is 4.07. The first-order chi connectivity index (χ1) is 12.2. The van der Waals surface area contributed by atoms with E-state index >= 15 is 0 Å². The highest BCUT2D eigenvalue weighted by Gasteiger charge is 2.14. The number of hydrogen-bond donors (Lipinski definition) is 2. The van der Waals surface area contributed by atoms with E-state index in [-0.39, 0.29) is 0 Å². The maximum atomic E-state index is 5.37. The van der Waals surface area contributed by atoms with Gasteiger partial charge in [-0.15, -0.1) is 0 Å². The predicted molar refractivity (Wildman–Crippen MR) is 97.2 cm³/mol. The Hall–Kier alpha value is -2.93. The van der Waals surface area contributed by atoms with Gasteiger partial charge in [0.2, 0.25) is 11.9 Å². The summed E-state index contributed by atoms with van der Waals surface area (Å²) in [6.07, 6.45) is 1.68. The molecule has 0 aliphatic carbocycles. The van der Waals surface area contributed by atoms with E-state index in [1.807, 2.05) is 19.1 Å². The third kappa shape index (κ3) is 3.46. The Labute approximate surface area is 145 Å². The number of fused-ring (bicyclic) bond motifs is 1. The van der Waals surface area contributed by atoms with Crippen LogP contribution in [0, 0.1) is 13.8 Å². The van der Waals surface area contributed by atoms with Crippen molar-refractivity contribution < 1.29 is 4.42 Å². The molecule has 3 aromatic rings. The molecule has 0 amide bonds. The van der Waals surface area contributed by atoms with E-state index in [4.69, 9.17) is 4.42 Å². The van der Waals surface area contributed by atoms with Crippen LogP contribution in [-0.4, -0.2) is 34.2 Å². The van der Waals surface area contributed by atoms with Crippen molar-refractivity contribution in [1.82, 2.24) is 20.2 Å². The van der Waals surface area contributed by atoms with E-state index in [0.717, 1.165) is 28.9 Å². The number of hydrogen-bond acceptors (Lipinski definition) is 7. The monoisotopic (exact) mass is 336 g/mol. The second-order valence-electron chi connectivity index (χ2n) is 6.17. The summed E-state index contributed by atoms with van der Waals surface area (Å²) in [7, 11) is 0. The summed E-state index contributed by atoms with van der Waals surface area (Å²) in [6.45, 7) is 6.04. The molecule has 2 aromatic heterocycles. The van der Waals surface area contributed by atoms with Gasteiger partial charge in [0, 0.05) is 5.39 Å². The molecule has 4 rings (SSSR count). The molecule has 1 aromatic carbocycles. The van der Waals surface area contributed by atoms with Gasteiger partial charge in [-0.2, -0.15) is 0 Å². The van der Waals surface area contributed by atoms with Crippen LogP contribution in [0.4, 0.5) is 5.95 Å². The van der Waals surface area contributed by atoms with E-state index in [1.165, 1.54) is 5.56 Å². The van der Waals surface area contributed by atoms with Gasteiger partial charge in [-0.3, -0.25) is 10.2 Å². The minimum Gasteiger partial charge on any atom is -0.468 e. The molecule has 0 radical (unpaired) electrons. The first-order valence-electron chi connectivity index (χ1n) is 8.22. The summed E-state index contributed by atoms with van der Waals surface area (Å²) in [4.78, 5) is 15.8. The van der Waals surface area contributed by atoms with Crippen molar-refractivity contribution >= 4 is 22.8 Å². The van der Waals surface area contributed by atoms with Crippen LogP contribution in [0.15, 0.2) is 46.0 Å². The van der Waals surface area contributed by atoms with Gasteiger partial charge >= 0.3 is 0 Å². The van der Waals surface area contributed by atoms with E-state index in [9.17, 15) is 0 Å². The SMILES string of the molecule is Cc1ccc2c(C)nc(NC3=NCN(Cc4ccco4)CN3)nc2c1. The van der Waals surface area contributed by atoms with Crippen LogP contribution in [0.2, 0.25) is 0 Å². The molecule has 3 heterocycles. The molecule has 1 aliphatic heterocycles. The highest BCUT2D eigenvalue weighted by atomic mass is 16.3. The third-order valence-corrected chi connectivity index (χ3v) is 4.13. The molecule has 0 unspecified atom stereocenters. The quantitative estimate of drug-likeness (QED) is 0.765.